The van der Waals surface area contributed by atoms with Crippen molar-refractivity contribution in [2.75, 3.05) is 0 Å². The second kappa shape index (κ2) is 4.20. The van der Waals surface area contributed by atoms with E-state index in [1.165, 1.54) is 6.20 Å². The molecular formula is C8H5F2N5O2. The minimum Gasteiger partial charge on any atom is -0.478 e. The number of carboxylic acids is 1. The molecule has 0 aliphatic carbocycles. The molecule has 2 aromatic rings. The summed E-state index contributed by atoms with van der Waals surface area (Å²) in [6.45, 7) is 0. The molecule has 0 atom stereocenters. The van der Waals surface area contributed by atoms with Crippen LogP contribution in [-0.4, -0.2) is 36.5 Å². The molecule has 0 fully saturated rings. The minimum absolute atomic E-state index is 0.112. The highest BCUT2D eigenvalue weighted by Gasteiger charge is 2.22. The highest BCUT2D eigenvalue weighted by atomic mass is 19.3. The Labute approximate surface area is 92.5 Å². The van der Waals surface area contributed by atoms with Gasteiger partial charge in [0.25, 0.3) is 6.43 Å². The number of carboxylic acid groups (broad SMARTS) is 1. The number of carbonyl (C=O) groups is 1. The van der Waals surface area contributed by atoms with E-state index in [2.05, 4.69) is 25.4 Å². The quantitative estimate of drug-likeness (QED) is 0.826. The molecule has 0 aliphatic heterocycles. The maximum Gasteiger partial charge on any atom is 0.339 e. The number of rotatable bonds is 3. The topological polar surface area (TPSA) is 105 Å². The Morgan fingerprint density at radius 3 is 2.71 bits per heavy atom. The van der Waals surface area contributed by atoms with Crippen molar-refractivity contribution < 1.29 is 18.7 Å². The van der Waals surface area contributed by atoms with Crippen LogP contribution in [0.3, 0.4) is 0 Å². The first-order valence-electron chi connectivity index (χ1n) is 4.34. The van der Waals surface area contributed by atoms with E-state index in [0.717, 1.165) is 6.20 Å². The van der Waals surface area contributed by atoms with Gasteiger partial charge < -0.3 is 5.11 Å². The van der Waals surface area contributed by atoms with Crippen molar-refractivity contribution in [1.29, 1.82) is 0 Å². The minimum atomic E-state index is -3.00. The lowest BCUT2D eigenvalue weighted by Gasteiger charge is -2.04. The summed E-state index contributed by atoms with van der Waals surface area (Å²) in [5.74, 6) is -1.62. The Hall–Kier alpha value is -2.45. The molecule has 0 unspecified atom stereocenters. The van der Waals surface area contributed by atoms with E-state index in [1.54, 1.807) is 0 Å². The molecule has 0 spiro atoms. The Balaban J connectivity index is 2.53. The molecule has 7 nitrogen and oxygen atoms in total. The molecule has 0 radical (unpaired) electrons. The van der Waals surface area contributed by atoms with Crippen LogP contribution in [-0.2, 0) is 0 Å². The van der Waals surface area contributed by atoms with Crippen LogP contribution < -0.4 is 0 Å². The Morgan fingerprint density at radius 1 is 1.41 bits per heavy atom. The number of aromatic nitrogens is 5. The van der Waals surface area contributed by atoms with Gasteiger partial charge in [-0.15, -0.1) is 0 Å². The molecule has 2 heterocycles. The van der Waals surface area contributed by atoms with Crippen LogP contribution in [0.4, 0.5) is 8.78 Å². The fourth-order valence-electron chi connectivity index (χ4n) is 1.16. The third kappa shape index (κ3) is 2.07. The highest BCUT2D eigenvalue weighted by molar-refractivity contribution is 5.88. The summed E-state index contributed by atoms with van der Waals surface area (Å²) in [6, 6.07) is 0. The summed E-state index contributed by atoms with van der Waals surface area (Å²) in [5.41, 5.74) is -1.32. The van der Waals surface area contributed by atoms with E-state index in [0.29, 0.717) is 0 Å². The molecule has 2 rings (SSSR count). The predicted octanol–water partition coefficient (Wildman–Crippen LogP) is 0.897. The number of hydrogen-bond acceptors (Lipinski definition) is 5. The third-order valence-corrected chi connectivity index (χ3v) is 1.90. The predicted molar refractivity (Wildman–Crippen MR) is 49.3 cm³/mol. The normalized spacial score (nSPS) is 10.8. The number of nitrogens with one attached hydrogen (secondary N) is 1. The van der Waals surface area contributed by atoms with Crippen LogP contribution in [0.5, 0.6) is 0 Å². The van der Waals surface area contributed by atoms with Crippen molar-refractivity contribution >= 4 is 5.97 Å². The summed E-state index contributed by atoms with van der Waals surface area (Å²) in [5, 5.41) is 18.0. The zero-order chi connectivity index (χ0) is 12.4. The number of aromatic amines is 1. The van der Waals surface area contributed by atoms with Crippen LogP contribution >= 0.6 is 0 Å². The molecule has 17 heavy (non-hydrogen) atoms. The molecule has 0 saturated carbocycles. The van der Waals surface area contributed by atoms with Crippen molar-refractivity contribution in [2.24, 2.45) is 0 Å². The van der Waals surface area contributed by atoms with E-state index in [4.69, 9.17) is 5.11 Å². The van der Waals surface area contributed by atoms with Gasteiger partial charge in [0.1, 0.15) is 17.0 Å². The number of alkyl halides is 2. The summed E-state index contributed by atoms with van der Waals surface area (Å²) in [6.07, 6.45) is -0.943. The SMILES string of the molecule is O=C(O)c1cnc(-c2cn[nH]n2)nc1C(F)F. The zero-order valence-electron chi connectivity index (χ0n) is 8.13. The van der Waals surface area contributed by atoms with Crippen LogP contribution in [0.1, 0.15) is 22.5 Å². The first kappa shape index (κ1) is 11.0. The van der Waals surface area contributed by atoms with Gasteiger partial charge in [0.05, 0.1) is 6.20 Å². The highest BCUT2D eigenvalue weighted by Crippen LogP contribution is 2.22. The molecule has 2 aromatic heterocycles. The van der Waals surface area contributed by atoms with E-state index >= 15 is 0 Å². The van der Waals surface area contributed by atoms with Gasteiger partial charge in [-0.05, 0) is 0 Å². The third-order valence-electron chi connectivity index (χ3n) is 1.90. The zero-order valence-corrected chi connectivity index (χ0v) is 8.13. The Kier molecular flexibility index (Phi) is 2.73. The molecule has 0 saturated heterocycles. The van der Waals surface area contributed by atoms with Crippen molar-refractivity contribution in [3.63, 3.8) is 0 Å². The molecule has 9 heteroatoms. The van der Waals surface area contributed by atoms with Crippen LogP contribution in [0.15, 0.2) is 12.4 Å². The fourth-order valence-corrected chi connectivity index (χ4v) is 1.16. The van der Waals surface area contributed by atoms with Gasteiger partial charge in [-0.2, -0.15) is 15.4 Å². The first-order chi connectivity index (χ1) is 8.09. The molecular weight excluding hydrogens is 236 g/mol. The van der Waals surface area contributed by atoms with Gasteiger partial charge in [0, 0.05) is 6.20 Å². The van der Waals surface area contributed by atoms with Gasteiger partial charge in [0.2, 0.25) is 0 Å². The second-order valence-electron chi connectivity index (χ2n) is 2.95. The smallest absolute Gasteiger partial charge is 0.339 e. The number of H-pyrrole nitrogens is 1. The van der Waals surface area contributed by atoms with Crippen LogP contribution in [0.25, 0.3) is 11.5 Å². The van der Waals surface area contributed by atoms with E-state index < -0.39 is 23.7 Å². The first-order valence-corrected chi connectivity index (χ1v) is 4.34. The summed E-state index contributed by atoms with van der Waals surface area (Å²) < 4.78 is 25.2. The molecule has 0 aliphatic rings. The largest absolute Gasteiger partial charge is 0.478 e. The summed E-state index contributed by atoms with van der Waals surface area (Å²) in [4.78, 5) is 17.8. The maximum atomic E-state index is 12.6. The van der Waals surface area contributed by atoms with Crippen molar-refractivity contribution in [2.45, 2.75) is 6.43 Å². The van der Waals surface area contributed by atoms with Gasteiger partial charge in [-0.1, -0.05) is 0 Å². The molecule has 0 amide bonds. The lowest BCUT2D eigenvalue weighted by Crippen LogP contribution is -2.08. The van der Waals surface area contributed by atoms with Gasteiger partial charge in [-0.3, -0.25) is 0 Å². The van der Waals surface area contributed by atoms with Crippen LogP contribution in [0.2, 0.25) is 0 Å². The molecule has 0 aromatic carbocycles. The van der Waals surface area contributed by atoms with Crippen molar-refractivity contribution in [3.8, 4) is 11.5 Å². The van der Waals surface area contributed by atoms with E-state index in [-0.39, 0.29) is 11.5 Å². The van der Waals surface area contributed by atoms with Crippen LogP contribution in [0, 0.1) is 0 Å². The molecule has 2 N–H and O–H groups in total. The average molecular weight is 241 g/mol. The summed E-state index contributed by atoms with van der Waals surface area (Å²) >= 11 is 0. The second-order valence-corrected chi connectivity index (χ2v) is 2.95. The molecule has 88 valence electrons. The number of nitrogens with zero attached hydrogens (tertiary/aromatic N) is 4. The number of hydrogen-bond donors (Lipinski definition) is 2. The monoisotopic (exact) mass is 241 g/mol. The average Bonchev–Trinajstić information content (AvgIpc) is 2.81. The maximum absolute atomic E-state index is 12.6. The summed E-state index contributed by atoms with van der Waals surface area (Å²) in [7, 11) is 0. The van der Waals surface area contributed by atoms with E-state index in [1.807, 2.05) is 0 Å². The number of halogens is 2. The van der Waals surface area contributed by atoms with E-state index in [9.17, 15) is 13.6 Å². The fraction of sp³-hybridized carbons (Fsp3) is 0.125. The van der Waals surface area contributed by atoms with Crippen molar-refractivity contribution in [1.82, 2.24) is 25.4 Å². The Bertz CT molecular complexity index is 543. The standard InChI is InChI=1S/C8H5F2N5O2/c9-6(10)5-3(8(16)17)1-11-7(13-5)4-2-12-15-14-4/h1-2,6H,(H,16,17)(H,12,14,15). The lowest BCUT2D eigenvalue weighted by atomic mass is 10.2. The van der Waals surface area contributed by atoms with Gasteiger partial charge in [0.15, 0.2) is 5.82 Å². The number of aromatic carboxylic acids is 1. The van der Waals surface area contributed by atoms with Crippen molar-refractivity contribution in [3.05, 3.63) is 23.7 Å². The molecule has 0 bridgehead atoms. The van der Waals surface area contributed by atoms with Gasteiger partial charge in [-0.25, -0.2) is 23.5 Å². The van der Waals surface area contributed by atoms with Gasteiger partial charge >= 0.3 is 5.97 Å². The lowest BCUT2D eigenvalue weighted by molar-refractivity contribution is 0.0681. The Morgan fingerprint density at radius 2 is 2.18 bits per heavy atom.